The van der Waals surface area contributed by atoms with E-state index in [0.717, 1.165) is 12.8 Å². The first-order chi connectivity index (χ1) is 8.51. The summed E-state index contributed by atoms with van der Waals surface area (Å²) in [5.41, 5.74) is -0.623. The number of nitrogens with one attached hydrogen (secondary N) is 1. The van der Waals surface area contributed by atoms with Crippen LogP contribution in [0.15, 0.2) is 21.2 Å². The Bertz CT molecular complexity index is 462. The first kappa shape index (κ1) is 13.1. The van der Waals surface area contributed by atoms with E-state index in [1.54, 1.807) is 12.1 Å². The van der Waals surface area contributed by atoms with Crippen molar-refractivity contribution < 1.29 is 19.1 Å². The highest BCUT2D eigenvalue weighted by molar-refractivity contribution is 9.10. The molecule has 0 radical (unpaired) electrons. The Hall–Kier alpha value is -1.30. The van der Waals surface area contributed by atoms with Crippen LogP contribution in [-0.2, 0) is 4.79 Å². The fraction of sp³-hybridized carbons (Fsp3) is 0.500. The van der Waals surface area contributed by atoms with Crippen LogP contribution in [0.2, 0.25) is 0 Å². The fourth-order valence-electron chi connectivity index (χ4n) is 2.43. The highest BCUT2D eigenvalue weighted by atomic mass is 79.9. The van der Waals surface area contributed by atoms with Crippen molar-refractivity contribution in [2.75, 3.05) is 0 Å². The van der Waals surface area contributed by atoms with Crippen LogP contribution < -0.4 is 5.32 Å². The van der Waals surface area contributed by atoms with Crippen molar-refractivity contribution in [1.82, 2.24) is 5.32 Å². The molecule has 2 rings (SSSR count). The molecule has 5 nitrogen and oxygen atoms in total. The summed E-state index contributed by atoms with van der Waals surface area (Å²) in [4.78, 5) is 22.9. The molecule has 1 aromatic heterocycles. The maximum atomic E-state index is 12.0. The van der Waals surface area contributed by atoms with Gasteiger partial charge in [-0.15, -0.1) is 0 Å². The zero-order chi connectivity index (χ0) is 13.2. The van der Waals surface area contributed by atoms with E-state index in [0.29, 0.717) is 17.5 Å². The standard InChI is InChI=1S/C12H14BrNO4/c13-9-4-3-8(18-9)11(17)14-12(7-10(15)16)5-1-2-6-12/h3-4H,1-2,5-7H2,(H,14,17)(H,15,16). The summed E-state index contributed by atoms with van der Waals surface area (Å²) >= 11 is 3.13. The first-order valence-electron chi connectivity index (χ1n) is 5.80. The number of carbonyl (C=O) groups excluding carboxylic acids is 1. The summed E-state index contributed by atoms with van der Waals surface area (Å²) in [6, 6.07) is 3.19. The third-order valence-electron chi connectivity index (χ3n) is 3.23. The van der Waals surface area contributed by atoms with Gasteiger partial charge in [0.2, 0.25) is 0 Å². The second kappa shape index (κ2) is 5.14. The van der Waals surface area contributed by atoms with Gasteiger partial charge in [-0.05, 0) is 40.9 Å². The number of hydrogen-bond donors (Lipinski definition) is 2. The smallest absolute Gasteiger partial charge is 0.305 e. The van der Waals surface area contributed by atoms with Gasteiger partial charge in [-0.2, -0.15) is 0 Å². The van der Waals surface area contributed by atoms with E-state index in [-0.39, 0.29) is 18.1 Å². The molecule has 1 aliphatic carbocycles. The van der Waals surface area contributed by atoms with Gasteiger partial charge in [0.25, 0.3) is 5.91 Å². The Labute approximate surface area is 113 Å². The van der Waals surface area contributed by atoms with Crippen molar-refractivity contribution in [1.29, 1.82) is 0 Å². The lowest BCUT2D eigenvalue weighted by atomic mass is 9.93. The summed E-state index contributed by atoms with van der Waals surface area (Å²) in [6.07, 6.45) is 3.24. The molecule has 1 fully saturated rings. The van der Waals surface area contributed by atoms with Gasteiger partial charge in [-0.1, -0.05) is 12.8 Å². The Morgan fingerprint density at radius 1 is 1.39 bits per heavy atom. The largest absolute Gasteiger partial charge is 0.481 e. The average molecular weight is 316 g/mol. The van der Waals surface area contributed by atoms with E-state index < -0.39 is 11.5 Å². The van der Waals surface area contributed by atoms with Crippen LogP contribution in [0.3, 0.4) is 0 Å². The molecule has 0 saturated heterocycles. The minimum atomic E-state index is -0.891. The van der Waals surface area contributed by atoms with Gasteiger partial charge in [0.1, 0.15) is 0 Å². The van der Waals surface area contributed by atoms with E-state index in [1.807, 2.05) is 0 Å². The number of carbonyl (C=O) groups is 2. The highest BCUT2D eigenvalue weighted by Crippen LogP contribution is 2.33. The summed E-state index contributed by atoms with van der Waals surface area (Å²) in [6.45, 7) is 0. The predicted molar refractivity (Wildman–Crippen MR) is 67.3 cm³/mol. The van der Waals surface area contributed by atoms with E-state index in [1.165, 1.54) is 0 Å². The maximum Gasteiger partial charge on any atom is 0.305 e. The van der Waals surface area contributed by atoms with Gasteiger partial charge in [0.15, 0.2) is 10.4 Å². The van der Waals surface area contributed by atoms with Crippen molar-refractivity contribution in [3.63, 3.8) is 0 Å². The van der Waals surface area contributed by atoms with Crippen LogP contribution in [0, 0.1) is 0 Å². The molecule has 0 aromatic carbocycles. The van der Waals surface area contributed by atoms with Gasteiger partial charge < -0.3 is 14.8 Å². The van der Waals surface area contributed by atoms with E-state index >= 15 is 0 Å². The van der Waals surface area contributed by atoms with E-state index in [2.05, 4.69) is 21.2 Å². The minimum absolute atomic E-state index is 0.0411. The fourth-order valence-corrected chi connectivity index (χ4v) is 2.73. The Kier molecular flexibility index (Phi) is 3.75. The summed E-state index contributed by atoms with van der Waals surface area (Å²) in [5, 5.41) is 11.8. The van der Waals surface area contributed by atoms with Gasteiger partial charge in [0.05, 0.1) is 12.0 Å². The van der Waals surface area contributed by atoms with E-state index in [9.17, 15) is 9.59 Å². The molecular weight excluding hydrogens is 302 g/mol. The molecule has 18 heavy (non-hydrogen) atoms. The van der Waals surface area contributed by atoms with Gasteiger partial charge in [-0.3, -0.25) is 9.59 Å². The SMILES string of the molecule is O=C(O)CC1(NC(=O)c2ccc(Br)o2)CCCC1. The highest BCUT2D eigenvalue weighted by Gasteiger charge is 2.38. The number of carboxylic acids is 1. The molecule has 0 bridgehead atoms. The van der Waals surface area contributed by atoms with Crippen LogP contribution in [0.1, 0.15) is 42.7 Å². The number of carboxylic acid groups (broad SMARTS) is 1. The summed E-state index contributed by atoms with van der Waals surface area (Å²) in [7, 11) is 0. The molecule has 0 spiro atoms. The van der Waals surface area contributed by atoms with Crippen molar-refractivity contribution in [3.05, 3.63) is 22.6 Å². The molecule has 1 aromatic rings. The van der Waals surface area contributed by atoms with Crippen LogP contribution in [-0.4, -0.2) is 22.5 Å². The molecule has 2 N–H and O–H groups in total. The number of amides is 1. The third kappa shape index (κ3) is 2.93. The van der Waals surface area contributed by atoms with Crippen molar-refractivity contribution in [3.8, 4) is 0 Å². The number of rotatable bonds is 4. The Morgan fingerprint density at radius 2 is 2.06 bits per heavy atom. The number of furan rings is 1. The second-order valence-corrected chi connectivity index (χ2v) is 5.40. The zero-order valence-electron chi connectivity index (χ0n) is 9.74. The Balaban J connectivity index is 2.09. The quantitative estimate of drug-likeness (QED) is 0.895. The number of aliphatic carboxylic acids is 1. The Morgan fingerprint density at radius 3 is 2.56 bits per heavy atom. The number of halogens is 1. The minimum Gasteiger partial charge on any atom is -0.481 e. The molecule has 1 saturated carbocycles. The normalized spacial score (nSPS) is 17.6. The molecule has 6 heteroatoms. The molecular formula is C12H14BrNO4. The summed E-state index contributed by atoms with van der Waals surface area (Å²) < 4.78 is 5.64. The van der Waals surface area contributed by atoms with Gasteiger partial charge in [-0.25, -0.2) is 0 Å². The zero-order valence-corrected chi connectivity index (χ0v) is 11.3. The lowest BCUT2D eigenvalue weighted by Gasteiger charge is -2.28. The molecule has 1 heterocycles. The lowest BCUT2D eigenvalue weighted by molar-refractivity contribution is -0.138. The van der Waals surface area contributed by atoms with Gasteiger partial charge >= 0.3 is 5.97 Å². The van der Waals surface area contributed by atoms with Crippen LogP contribution in [0.4, 0.5) is 0 Å². The third-order valence-corrected chi connectivity index (χ3v) is 3.65. The van der Waals surface area contributed by atoms with Crippen molar-refractivity contribution >= 4 is 27.8 Å². The van der Waals surface area contributed by atoms with Crippen LogP contribution >= 0.6 is 15.9 Å². The van der Waals surface area contributed by atoms with E-state index in [4.69, 9.17) is 9.52 Å². The topological polar surface area (TPSA) is 79.5 Å². The lowest BCUT2D eigenvalue weighted by Crippen LogP contribution is -2.47. The predicted octanol–water partition coefficient (Wildman–Crippen LogP) is 2.56. The van der Waals surface area contributed by atoms with Crippen LogP contribution in [0.5, 0.6) is 0 Å². The van der Waals surface area contributed by atoms with Crippen molar-refractivity contribution in [2.45, 2.75) is 37.6 Å². The van der Waals surface area contributed by atoms with Gasteiger partial charge in [0, 0.05) is 0 Å². The number of hydrogen-bond acceptors (Lipinski definition) is 3. The summed E-state index contributed by atoms with van der Waals surface area (Å²) in [5.74, 6) is -1.06. The monoisotopic (exact) mass is 315 g/mol. The van der Waals surface area contributed by atoms with Crippen molar-refractivity contribution in [2.24, 2.45) is 0 Å². The molecule has 0 unspecified atom stereocenters. The molecule has 0 aliphatic heterocycles. The second-order valence-electron chi connectivity index (χ2n) is 4.62. The maximum absolute atomic E-state index is 12.0. The van der Waals surface area contributed by atoms with Crippen LogP contribution in [0.25, 0.3) is 0 Å². The molecule has 1 amide bonds. The average Bonchev–Trinajstić information content (AvgIpc) is 2.87. The molecule has 98 valence electrons. The first-order valence-corrected chi connectivity index (χ1v) is 6.60. The molecule has 0 atom stereocenters. The molecule has 1 aliphatic rings.